The number of nitrogens with one attached hydrogen (secondary N) is 1. The minimum atomic E-state index is -0.514. The Morgan fingerprint density at radius 2 is 1.83 bits per heavy atom. The highest BCUT2D eigenvalue weighted by molar-refractivity contribution is 5.98. The largest absolute Gasteiger partial charge is 0.334 e. The van der Waals surface area contributed by atoms with Crippen molar-refractivity contribution in [1.82, 2.24) is 9.80 Å². The summed E-state index contributed by atoms with van der Waals surface area (Å²) < 4.78 is 15.0. The van der Waals surface area contributed by atoms with E-state index in [0.29, 0.717) is 24.9 Å². The van der Waals surface area contributed by atoms with Crippen molar-refractivity contribution in [2.24, 2.45) is 11.8 Å². The van der Waals surface area contributed by atoms with Crippen LogP contribution in [-0.4, -0.2) is 53.8 Å². The number of allylic oxidation sites excluding steroid dienone is 1. The lowest BCUT2D eigenvalue weighted by molar-refractivity contribution is -0.123. The molecule has 1 aliphatic carbocycles. The first-order valence-corrected chi connectivity index (χ1v) is 15.1. The number of carbonyl (C=O) groups excluding carboxylic acids is 2. The van der Waals surface area contributed by atoms with E-state index in [1.807, 2.05) is 18.2 Å². The molecule has 2 unspecified atom stereocenters. The Morgan fingerprint density at radius 3 is 2.46 bits per heavy atom. The summed E-state index contributed by atoms with van der Waals surface area (Å²) in [6.45, 7) is 15.9. The molecule has 2 aromatic carbocycles. The van der Waals surface area contributed by atoms with Crippen molar-refractivity contribution in [3.8, 4) is 0 Å². The summed E-state index contributed by atoms with van der Waals surface area (Å²) in [6.07, 6.45) is 8.67. The number of halogens is 1. The lowest BCUT2D eigenvalue weighted by atomic mass is 9.77. The number of rotatable bonds is 8. The number of amides is 2. The van der Waals surface area contributed by atoms with Gasteiger partial charge in [-0.05, 0) is 79.6 Å². The van der Waals surface area contributed by atoms with Gasteiger partial charge in [0.2, 0.25) is 5.91 Å². The molecule has 41 heavy (non-hydrogen) atoms. The maximum absolute atomic E-state index is 15.0. The molecule has 0 radical (unpaired) electrons. The van der Waals surface area contributed by atoms with Gasteiger partial charge in [-0.25, -0.2) is 4.39 Å². The predicted octanol–water partition coefficient (Wildman–Crippen LogP) is 7.14. The smallest absolute Gasteiger partial charge is 0.257 e. The third kappa shape index (κ3) is 7.16. The molecule has 2 amide bonds. The van der Waals surface area contributed by atoms with E-state index in [0.717, 1.165) is 37.3 Å². The Kier molecular flexibility index (Phi) is 9.85. The monoisotopic (exact) mass is 559 g/mol. The van der Waals surface area contributed by atoms with Crippen molar-refractivity contribution in [1.29, 1.82) is 0 Å². The van der Waals surface area contributed by atoms with Crippen LogP contribution in [0.1, 0.15) is 75.4 Å². The van der Waals surface area contributed by atoms with Crippen LogP contribution in [0.5, 0.6) is 0 Å². The van der Waals surface area contributed by atoms with Crippen LogP contribution in [0.25, 0.3) is 0 Å². The highest BCUT2D eigenvalue weighted by Crippen LogP contribution is 2.36. The molecule has 2 aromatic rings. The topological polar surface area (TPSA) is 52.7 Å². The zero-order valence-electron chi connectivity index (χ0n) is 25.5. The number of hydrogen-bond donors (Lipinski definition) is 1. The minimum absolute atomic E-state index is 0.0385. The van der Waals surface area contributed by atoms with Gasteiger partial charge in [0.05, 0.1) is 17.5 Å². The lowest BCUT2D eigenvalue weighted by Gasteiger charge is -2.44. The second-order valence-electron chi connectivity index (χ2n) is 12.5. The number of piperidine rings is 1. The molecule has 0 saturated carbocycles. The maximum Gasteiger partial charge on any atom is 0.257 e. The van der Waals surface area contributed by atoms with E-state index in [-0.39, 0.29) is 34.8 Å². The molecule has 0 bridgehead atoms. The molecule has 6 heteroatoms. The molecule has 1 N–H and O–H groups in total. The molecule has 1 fully saturated rings. The Labute approximate surface area is 245 Å². The summed E-state index contributed by atoms with van der Waals surface area (Å²) in [5.74, 6) is -1.38. The summed E-state index contributed by atoms with van der Waals surface area (Å²) in [4.78, 5) is 32.1. The Morgan fingerprint density at radius 1 is 1.10 bits per heavy atom. The van der Waals surface area contributed by atoms with Crippen molar-refractivity contribution < 1.29 is 14.0 Å². The lowest BCUT2D eigenvalue weighted by Crippen LogP contribution is -2.55. The van der Waals surface area contributed by atoms with Gasteiger partial charge in [0.15, 0.2) is 0 Å². The van der Waals surface area contributed by atoms with Crippen LogP contribution in [0.15, 0.2) is 66.3 Å². The van der Waals surface area contributed by atoms with Gasteiger partial charge in [0, 0.05) is 24.7 Å². The molecular formula is C35H46FN3O2. The van der Waals surface area contributed by atoms with Gasteiger partial charge in [-0.1, -0.05) is 77.1 Å². The van der Waals surface area contributed by atoms with Gasteiger partial charge in [0.25, 0.3) is 5.91 Å². The van der Waals surface area contributed by atoms with Gasteiger partial charge >= 0.3 is 0 Å². The standard InChI is InChI=1S/C35H46FN3O2/c1-7-38(8-2)23-25-17-19-26(20-18-25)32-29(33(40)37-28-14-10-13-27(22-28)35(4,5)6)15-11-21-39(32)34(41)31-24(3)12-9-16-30(31)36/h9-10,12-14,16-19,22,26,29,32H,7-8,11,15,20-21,23H2,1-6H3,(H,37,40)/t26?,29?,32-/m0/s1. The van der Waals surface area contributed by atoms with Crippen LogP contribution >= 0.6 is 0 Å². The number of benzene rings is 2. The van der Waals surface area contributed by atoms with Crippen LogP contribution in [0.4, 0.5) is 10.1 Å². The zero-order chi connectivity index (χ0) is 29.7. The number of likely N-dealkylation sites (N-methyl/N-ethyl adjacent to an activating group) is 1. The maximum atomic E-state index is 15.0. The highest BCUT2D eigenvalue weighted by Gasteiger charge is 2.43. The zero-order valence-corrected chi connectivity index (χ0v) is 25.5. The Balaban J connectivity index is 1.65. The van der Waals surface area contributed by atoms with E-state index in [9.17, 15) is 14.0 Å². The average Bonchev–Trinajstić information content (AvgIpc) is 2.95. The SMILES string of the molecule is CCN(CC)CC1=CCC([C@H]2C(C(=O)Nc3cccc(C(C)(C)C)c3)CCCN2C(=O)c2c(C)cccc2F)C=C1. The average molecular weight is 560 g/mol. The van der Waals surface area contributed by atoms with Gasteiger partial charge in [-0.2, -0.15) is 0 Å². The molecule has 1 saturated heterocycles. The van der Waals surface area contributed by atoms with Crippen LogP contribution in [0.2, 0.25) is 0 Å². The molecule has 5 nitrogen and oxygen atoms in total. The number of hydrogen-bond acceptors (Lipinski definition) is 3. The quantitative estimate of drug-likeness (QED) is 0.374. The van der Waals surface area contributed by atoms with Crippen molar-refractivity contribution in [2.75, 3.05) is 31.5 Å². The summed E-state index contributed by atoms with van der Waals surface area (Å²) in [6, 6.07) is 12.4. The molecule has 0 aromatic heterocycles. The second kappa shape index (κ2) is 13.2. The number of aryl methyl sites for hydroxylation is 1. The number of nitrogens with zero attached hydrogens (tertiary/aromatic N) is 2. The van der Waals surface area contributed by atoms with Crippen LogP contribution < -0.4 is 5.32 Å². The molecule has 220 valence electrons. The predicted molar refractivity (Wildman–Crippen MR) is 166 cm³/mol. The fraction of sp³-hybridized carbons (Fsp3) is 0.486. The third-order valence-electron chi connectivity index (χ3n) is 8.66. The first-order chi connectivity index (χ1) is 19.5. The first kappa shape index (κ1) is 30.7. The summed E-state index contributed by atoms with van der Waals surface area (Å²) >= 11 is 0. The van der Waals surface area contributed by atoms with Gasteiger partial charge in [-0.15, -0.1) is 0 Å². The van der Waals surface area contributed by atoms with Crippen LogP contribution in [0.3, 0.4) is 0 Å². The molecule has 1 aliphatic heterocycles. The van der Waals surface area contributed by atoms with Crippen LogP contribution in [-0.2, 0) is 10.2 Å². The molecule has 0 spiro atoms. The van der Waals surface area contributed by atoms with E-state index in [2.05, 4.69) is 69.1 Å². The summed E-state index contributed by atoms with van der Waals surface area (Å²) in [5.41, 5.74) is 3.83. The normalized spacial score (nSPS) is 21.1. The number of anilines is 1. The van der Waals surface area contributed by atoms with E-state index < -0.39 is 11.7 Å². The van der Waals surface area contributed by atoms with Crippen molar-refractivity contribution in [3.05, 3.63) is 88.8 Å². The number of likely N-dealkylation sites (tertiary alicyclic amines) is 1. The minimum Gasteiger partial charge on any atom is -0.334 e. The van der Waals surface area contributed by atoms with Gasteiger partial charge in [0.1, 0.15) is 5.82 Å². The fourth-order valence-electron chi connectivity index (χ4n) is 6.17. The van der Waals surface area contributed by atoms with Crippen molar-refractivity contribution in [3.63, 3.8) is 0 Å². The molecule has 1 heterocycles. The Bertz CT molecular complexity index is 1280. The first-order valence-electron chi connectivity index (χ1n) is 15.1. The molecule has 4 rings (SSSR count). The van der Waals surface area contributed by atoms with E-state index in [1.54, 1.807) is 24.0 Å². The van der Waals surface area contributed by atoms with Crippen molar-refractivity contribution >= 4 is 17.5 Å². The Hall–Kier alpha value is -3.25. The van der Waals surface area contributed by atoms with Crippen molar-refractivity contribution in [2.45, 2.75) is 72.3 Å². The summed E-state index contributed by atoms with van der Waals surface area (Å²) in [7, 11) is 0. The van der Waals surface area contributed by atoms with E-state index >= 15 is 0 Å². The van der Waals surface area contributed by atoms with E-state index in [4.69, 9.17) is 0 Å². The van der Waals surface area contributed by atoms with E-state index in [1.165, 1.54) is 11.6 Å². The molecule has 3 atom stereocenters. The van der Waals surface area contributed by atoms with Crippen LogP contribution in [0, 0.1) is 24.6 Å². The van der Waals surface area contributed by atoms with Gasteiger partial charge < -0.3 is 10.2 Å². The summed E-state index contributed by atoms with van der Waals surface area (Å²) in [5, 5.41) is 3.17. The fourth-order valence-corrected chi connectivity index (χ4v) is 6.17. The third-order valence-corrected chi connectivity index (χ3v) is 8.66. The molecular weight excluding hydrogens is 513 g/mol. The van der Waals surface area contributed by atoms with Gasteiger partial charge in [-0.3, -0.25) is 14.5 Å². The second-order valence-corrected chi connectivity index (χ2v) is 12.5. The highest BCUT2D eigenvalue weighted by atomic mass is 19.1. The molecule has 2 aliphatic rings. The number of carbonyl (C=O) groups is 2.